The topological polar surface area (TPSA) is 17.1 Å². The molecule has 0 heterocycles. The number of hydrogen-bond acceptors (Lipinski definition) is 1. The van der Waals surface area contributed by atoms with Gasteiger partial charge in [-0.2, -0.15) is 13.2 Å². The number of alkyl halides is 3. The van der Waals surface area contributed by atoms with E-state index >= 15 is 0 Å². The molecule has 4 heteroatoms. The van der Waals surface area contributed by atoms with Crippen LogP contribution in [0.3, 0.4) is 0 Å². The maximum absolute atomic E-state index is 12.6. The summed E-state index contributed by atoms with van der Waals surface area (Å²) < 4.78 is 37.9. The molecule has 0 aliphatic rings. The smallest absolute Gasteiger partial charge is 0.298 e. The van der Waals surface area contributed by atoms with Gasteiger partial charge in [0.05, 0.1) is 5.56 Å². The first-order valence-corrected chi connectivity index (χ1v) is 4.57. The fraction of sp³-hybridized carbons (Fsp3) is 0.0833. The molecule has 0 saturated carbocycles. The largest absolute Gasteiger partial charge is 0.417 e. The third kappa shape index (κ3) is 1.78. The summed E-state index contributed by atoms with van der Waals surface area (Å²) in [6.45, 7) is 0. The van der Waals surface area contributed by atoms with Crippen molar-refractivity contribution in [3.8, 4) is 0 Å². The van der Waals surface area contributed by atoms with Crippen LogP contribution in [0.5, 0.6) is 0 Å². The molecule has 0 aliphatic carbocycles. The molecule has 2 aromatic carbocycles. The van der Waals surface area contributed by atoms with E-state index in [2.05, 4.69) is 0 Å². The second kappa shape index (κ2) is 3.63. The first-order chi connectivity index (χ1) is 7.52. The second-order valence-corrected chi connectivity index (χ2v) is 3.40. The molecule has 82 valence electrons. The minimum Gasteiger partial charge on any atom is -0.298 e. The molecule has 0 unspecified atom stereocenters. The Bertz CT molecular complexity index is 543. The highest BCUT2D eigenvalue weighted by molar-refractivity contribution is 5.91. The number of aldehydes is 1. The van der Waals surface area contributed by atoms with Crippen LogP contribution in [0.4, 0.5) is 13.2 Å². The second-order valence-electron chi connectivity index (χ2n) is 3.40. The van der Waals surface area contributed by atoms with Gasteiger partial charge in [0.2, 0.25) is 0 Å². The fourth-order valence-corrected chi connectivity index (χ4v) is 1.62. The van der Waals surface area contributed by atoms with Crippen molar-refractivity contribution in [2.45, 2.75) is 6.18 Å². The highest BCUT2D eigenvalue weighted by Gasteiger charge is 2.32. The van der Waals surface area contributed by atoms with Crippen LogP contribution < -0.4 is 0 Å². The number of rotatable bonds is 1. The summed E-state index contributed by atoms with van der Waals surface area (Å²) in [5.41, 5.74) is -0.311. The van der Waals surface area contributed by atoms with Crippen LogP contribution in [0.25, 0.3) is 10.8 Å². The molecule has 0 bridgehead atoms. The zero-order valence-electron chi connectivity index (χ0n) is 8.08. The lowest BCUT2D eigenvalue weighted by Crippen LogP contribution is -2.05. The highest BCUT2D eigenvalue weighted by atomic mass is 19.4. The van der Waals surface area contributed by atoms with E-state index < -0.39 is 11.7 Å². The molecule has 0 spiro atoms. The van der Waals surface area contributed by atoms with E-state index in [1.807, 2.05) is 0 Å². The van der Waals surface area contributed by atoms with Gasteiger partial charge in [-0.05, 0) is 22.9 Å². The molecule has 0 N–H and O–H groups in total. The van der Waals surface area contributed by atoms with E-state index in [1.165, 1.54) is 24.3 Å². The maximum Gasteiger partial charge on any atom is 0.417 e. The van der Waals surface area contributed by atoms with Crippen molar-refractivity contribution in [1.82, 2.24) is 0 Å². The van der Waals surface area contributed by atoms with Gasteiger partial charge in [-0.3, -0.25) is 4.79 Å². The number of hydrogen-bond donors (Lipinski definition) is 0. The van der Waals surface area contributed by atoms with E-state index in [4.69, 9.17) is 0 Å². The van der Waals surface area contributed by atoms with Gasteiger partial charge in [0.15, 0.2) is 0 Å². The average Bonchev–Trinajstić information content (AvgIpc) is 2.26. The Morgan fingerprint density at radius 3 is 2.44 bits per heavy atom. The Morgan fingerprint density at radius 1 is 1.06 bits per heavy atom. The number of fused-ring (bicyclic) bond motifs is 1. The van der Waals surface area contributed by atoms with E-state index in [0.717, 1.165) is 6.07 Å². The molecule has 0 saturated heterocycles. The summed E-state index contributed by atoms with van der Waals surface area (Å²) in [6, 6.07) is 8.06. The van der Waals surface area contributed by atoms with Crippen LogP contribution in [0, 0.1) is 0 Å². The monoisotopic (exact) mass is 224 g/mol. The van der Waals surface area contributed by atoms with Crippen molar-refractivity contribution in [2.75, 3.05) is 0 Å². The Labute approximate surface area is 89.5 Å². The summed E-state index contributed by atoms with van der Waals surface area (Å²) in [5, 5.41) is 0.528. The molecule has 1 nitrogen and oxygen atoms in total. The first kappa shape index (κ1) is 10.7. The van der Waals surface area contributed by atoms with E-state index in [9.17, 15) is 18.0 Å². The summed E-state index contributed by atoms with van der Waals surface area (Å²) in [7, 11) is 0. The molecule has 0 aliphatic heterocycles. The summed E-state index contributed by atoms with van der Waals surface area (Å²) in [4.78, 5) is 10.5. The molecule has 2 aromatic rings. The fourth-order valence-electron chi connectivity index (χ4n) is 1.62. The SMILES string of the molecule is O=Cc1ccc2c(C(F)(F)F)cccc2c1. The summed E-state index contributed by atoms with van der Waals surface area (Å²) >= 11 is 0. The van der Waals surface area contributed by atoms with Gasteiger partial charge in [-0.25, -0.2) is 0 Å². The minimum absolute atomic E-state index is 0.112. The summed E-state index contributed by atoms with van der Waals surface area (Å²) in [6.07, 6.45) is -3.76. The lowest BCUT2D eigenvalue weighted by Gasteiger charge is -2.10. The van der Waals surface area contributed by atoms with Crippen molar-refractivity contribution >= 4 is 17.1 Å². The Hall–Kier alpha value is -1.84. The van der Waals surface area contributed by atoms with Crippen LogP contribution in [-0.2, 0) is 6.18 Å². The van der Waals surface area contributed by atoms with Gasteiger partial charge >= 0.3 is 6.18 Å². The molecule has 2 rings (SSSR count). The number of benzene rings is 2. The molecular weight excluding hydrogens is 217 g/mol. The van der Waals surface area contributed by atoms with E-state index in [-0.39, 0.29) is 5.39 Å². The third-order valence-electron chi connectivity index (χ3n) is 2.35. The molecule has 0 aromatic heterocycles. The molecule has 0 radical (unpaired) electrons. The molecule has 0 amide bonds. The molecule has 0 fully saturated rings. The van der Waals surface area contributed by atoms with Crippen molar-refractivity contribution in [3.63, 3.8) is 0 Å². The highest BCUT2D eigenvalue weighted by Crippen LogP contribution is 2.34. The van der Waals surface area contributed by atoms with E-state index in [1.54, 1.807) is 6.07 Å². The molecule has 0 atom stereocenters. The predicted molar refractivity (Wildman–Crippen MR) is 54.3 cm³/mol. The van der Waals surface area contributed by atoms with Crippen molar-refractivity contribution in [3.05, 3.63) is 47.5 Å². The summed E-state index contributed by atoms with van der Waals surface area (Å²) in [5.74, 6) is 0. The lowest BCUT2D eigenvalue weighted by molar-refractivity contribution is -0.136. The van der Waals surface area contributed by atoms with Crippen molar-refractivity contribution < 1.29 is 18.0 Å². The van der Waals surface area contributed by atoms with Gasteiger partial charge in [0.25, 0.3) is 0 Å². The van der Waals surface area contributed by atoms with Crippen LogP contribution in [0.1, 0.15) is 15.9 Å². The van der Waals surface area contributed by atoms with Gasteiger partial charge in [-0.1, -0.05) is 24.3 Å². The van der Waals surface area contributed by atoms with Crippen LogP contribution in [-0.4, -0.2) is 6.29 Å². The maximum atomic E-state index is 12.6. The van der Waals surface area contributed by atoms with E-state index in [0.29, 0.717) is 17.2 Å². The average molecular weight is 224 g/mol. The molecular formula is C12H7F3O. The van der Waals surface area contributed by atoms with Gasteiger partial charge in [0.1, 0.15) is 6.29 Å². The number of halogens is 3. The Morgan fingerprint density at radius 2 is 1.81 bits per heavy atom. The minimum atomic E-state index is -4.37. The number of carbonyl (C=O) groups is 1. The van der Waals surface area contributed by atoms with Gasteiger partial charge < -0.3 is 0 Å². The van der Waals surface area contributed by atoms with Gasteiger partial charge in [-0.15, -0.1) is 0 Å². The molecule has 16 heavy (non-hydrogen) atoms. The predicted octanol–water partition coefficient (Wildman–Crippen LogP) is 3.67. The normalized spacial score (nSPS) is 11.7. The Balaban J connectivity index is 2.74. The van der Waals surface area contributed by atoms with Gasteiger partial charge in [0, 0.05) is 5.56 Å². The standard InChI is InChI=1S/C12H7F3O/c13-12(14,15)11-3-1-2-9-6-8(7-16)4-5-10(9)11/h1-7H. The zero-order chi connectivity index (χ0) is 11.8. The Kier molecular flexibility index (Phi) is 2.42. The van der Waals surface area contributed by atoms with Crippen LogP contribution in [0.15, 0.2) is 36.4 Å². The van der Waals surface area contributed by atoms with Crippen LogP contribution >= 0.6 is 0 Å². The van der Waals surface area contributed by atoms with Crippen molar-refractivity contribution in [2.24, 2.45) is 0 Å². The lowest BCUT2D eigenvalue weighted by atomic mass is 10.0. The van der Waals surface area contributed by atoms with Crippen LogP contribution in [0.2, 0.25) is 0 Å². The number of carbonyl (C=O) groups excluding carboxylic acids is 1. The third-order valence-corrected chi connectivity index (χ3v) is 2.35. The first-order valence-electron chi connectivity index (χ1n) is 4.57. The van der Waals surface area contributed by atoms with Crippen molar-refractivity contribution in [1.29, 1.82) is 0 Å². The zero-order valence-corrected chi connectivity index (χ0v) is 8.08. The quantitative estimate of drug-likeness (QED) is 0.675.